The number of hydrogen-bond acceptors (Lipinski definition) is 5. The second kappa shape index (κ2) is 12.1. The van der Waals surface area contributed by atoms with E-state index in [2.05, 4.69) is 5.32 Å². The van der Waals surface area contributed by atoms with E-state index in [1.807, 2.05) is 72.8 Å². The number of thioether (sulfide) groups is 1. The van der Waals surface area contributed by atoms with Crippen molar-refractivity contribution in [2.24, 2.45) is 5.92 Å². The molecule has 0 aliphatic heterocycles. The van der Waals surface area contributed by atoms with Crippen LogP contribution in [0.15, 0.2) is 84.9 Å². The highest BCUT2D eigenvalue weighted by Gasteiger charge is 2.29. The average Bonchev–Trinajstić information content (AvgIpc) is 2.83. The largest absolute Gasteiger partial charge is 0.480 e. The number of hydrogen-bond donors (Lipinski definition) is 2. The number of carbonyl (C=O) groups is 3. The van der Waals surface area contributed by atoms with Crippen LogP contribution in [0.5, 0.6) is 0 Å². The summed E-state index contributed by atoms with van der Waals surface area (Å²) in [6, 6.07) is 26.4. The van der Waals surface area contributed by atoms with Gasteiger partial charge in [0.15, 0.2) is 10.9 Å². The van der Waals surface area contributed by atoms with E-state index in [1.54, 1.807) is 12.1 Å². The molecule has 0 saturated heterocycles. The Hall–Kier alpha value is -3.22. The van der Waals surface area contributed by atoms with Crippen LogP contribution in [0.2, 0.25) is 0 Å². The molecule has 33 heavy (non-hydrogen) atoms. The quantitative estimate of drug-likeness (QED) is 0.428. The molecule has 3 rings (SSSR count). The van der Waals surface area contributed by atoms with Crippen molar-refractivity contribution in [1.29, 1.82) is 0 Å². The summed E-state index contributed by atoms with van der Waals surface area (Å²) in [7, 11) is 0. The first-order chi connectivity index (χ1) is 15.9. The Morgan fingerprint density at radius 1 is 0.848 bits per heavy atom. The number of carboxylic acid groups (broad SMARTS) is 1. The van der Waals surface area contributed by atoms with Crippen molar-refractivity contribution in [2.75, 3.05) is 12.3 Å². The number of carboxylic acids is 1. The highest BCUT2D eigenvalue weighted by molar-refractivity contribution is 8.13. The van der Waals surface area contributed by atoms with Gasteiger partial charge in [0.25, 0.3) is 0 Å². The summed E-state index contributed by atoms with van der Waals surface area (Å²) in [5.74, 6) is -1.27. The third-order valence-electron chi connectivity index (χ3n) is 5.31. The Bertz CT molecular complexity index is 1070. The number of carbonyl (C=O) groups excluding carboxylic acids is 2. The van der Waals surface area contributed by atoms with Gasteiger partial charge in [-0.05, 0) is 28.7 Å². The average molecular weight is 462 g/mol. The van der Waals surface area contributed by atoms with Gasteiger partial charge in [0.1, 0.15) is 0 Å². The standard InChI is InChI=1S/C27H27NO4S/c1-19(29)33-18-24(16-20-12-14-22(15-13-20)21-8-4-2-5-9-21)27(32)26(28-17-25(30)31)23-10-6-3-7-11-23/h2-15,24,26,28H,16-18H2,1H3,(H,30,31)/t24-,26?/m1/s1. The van der Waals surface area contributed by atoms with E-state index in [1.165, 1.54) is 6.92 Å². The summed E-state index contributed by atoms with van der Waals surface area (Å²) >= 11 is 1.12. The Labute approximate surface area is 198 Å². The minimum absolute atomic E-state index is 0.0537. The maximum atomic E-state index is 13.6. The highest BCUT2D eigenvalue weighted by Crippen LogP contribution is 2.26. The molecule has 3 aromatic rings. The number of rotatable bonds is 11. The molecule has 1 unspecified atom stereocenters. The van der Waals surface area contributed by atoms with Gasteiger partial charge in [0.05, 0.1) is 12.6 Å². The fourth-order valence-electron chi connectivity index (χ4n) is 3.66. The van der Waals surface area contributed by atoms with Gasteiger partial charge in [-0.1, -0.05) is 96.7 Å². The molecule has 2 atom stereocenters. The Balaban J connectivity index is 1.83. The molecule has 0 bridgehead atoms. The second-order valence-corrected chi connectivity index (χ2v) is 8.98. The normalized spacial score (nSPS) is 12.6. The zero-order valence-electron chi connectivity index (χ0n) is 18.4. The van der Waals surface area contributed by atoms with Crippen LogP contribution in [0.4, 0.5) is 0 Å². The summed E-state index contributed by atoms with van der Waals surface area (Å²) in [5.41, 5.74) is 3.90. The molecule has 3 aromatic carbocycles. The van der Waals surface area contributed by atoms with Crippen molar-refractivity contribution >= 4 is 28.6 Å². The van der Waals surface area contributed by atoms with Gasteiger partial charge in [0.2, 0.25) is 0 Å². The van der Waals surface area contributed by atoms with E-state index in [0.717, 1.165) is 28.5 Å². The van der Waals surface area contributed by atoms with Gasteiger partial charge in [-0.3, -0.25) is 19.7 Å². The van der Waals surface area contributed by atoms with Crippen molar-refractivity contribution in [3.8, 4) is 11.1 Å². The summed E-state index contributed by atoms with van der Waals surface area (Å²) in [6.07, 6.45) is 0.465. The van der Waals surface area contributed by atoms with Gasteiger partial charge >= 0.3 is 5.97 Å². The lowest BCUT2D eigenvalue weighted by molar-refractivity contribution is -0.136. The number of aliphatic carboxylic acids is 1. The van der Waals surface area contributed by atoms with Crippen LogP contribution in [0.3, 0.4) is 0 Å². The maximum absolute atomic E-state index is 13.6. The molecule has 0 aromatic heterocycles. The summed E-state index contributed by atoms with van der Waals surface area (Å²) in [4.78, 5) is 36.4. The van der Waals surface area contributed by atoms with Crippen molar-refractivity contribution in [1.82, 2.24) is 5.32 Å². The summed E-state index contributed by atoms with van der Waals surface area (Å²) in [6.45, 7) is 1.15. The number of nitrogens with one attached hydrogen (secondary N) is 1. The smallest absolute Gasteiger partial charge is 0.317 e. The van der Waals surface area contributed by atoms with E-state index >= 15 is 0 Å². The predicted molar refractivity (Wildman–Crippen MR) is 132 cm³/mol. The third kappa shape index (κ3) is 7.41. The Morgan fingerprint density at radius 3 is 2.00 bits per heavy atom. The fraction of sp³-hybridized carbons (Fsp3) is 0.222. The molecule has 0 radical (unpaired) electrons. The maximum Gasteiger partial charge on any atom is 0.317 e. The second-order valence-electron chi connectivity index (χ2n) is 7.79. The van der Waals surface area contributed by atoms with E-state index < -0.39 is 17.9 Å². The van der Waals surface area contributed by atoms with E-state index in [0.29, 0.717) is 17.7 Å². The van der Waals surface area contributed by atoms with Gasteiger partial charge in [0, 0.05) is 18.6 Å². The van der Waals surface area contributed by atoms with Gasteiger partial charge in [-0.15, -0.1) is 0 Å². The van der Waals surface area contributed by atoms with Crippen molar-refractivity contribution in [3.05, 3.63) is 96.1 Å². The Kier molecular flexibility index (Phi) is 8.98. The molecule has 0 heterocycles. The van der Waals surface area contributed by atoms with E-state index in [4.69, 9.17) is 5.11 Å². The molecular weight excluding hydrogens is 434 g/mol. The first-order valence-electron chi connectivity index (χ1n) is 10.8. The number of ketones is 1. The van der Waals surface area contributed by atoms with Crippen LogP contribution in [0.25, 0.3) is 11.1 Å². The van der Waals surface area contributed by atoms with Crippen LogP contribution < -0.4 is 5.32 Å². The topological polar surface area (TPSA) is 83.5 Å². The third-order valence-corrected chi connectivity index (χ3v) is 6.28. The lowest BCUT2D eigenvalue weighted by Crippen LogP contribution is -2.37. The number of Topliss-reactive ketones (excluding diaryl/α,β-unsaturated/α-hetero) is 1. The molecule has 170 valence electrons. The predicted octanol–water partition coefficient (Wildman–Crippen LogP) is 4.78. The number of benzene rings is 3. The minimum atomic E-state index is -1.03. The molecule has 2 N–H and O–H groups in total. The molecule has 6 heteroatoms. The Morgan fingerprint density at radius 2 is 1.42 bits per heavy atom. The minimum Gasteiger partial charge on any atom is -0.480 e. The molecule has 0 saturated carbocycles. The monoisotopic (exact) mass is 461 g/mol. The lowest BCUT2D eigenvalue weighted by atomic mass is 9.89. The van der Waals surface area contributed by atoms with Gasteiger partial charge in [-0.2, -0.15) is 0 Å². The molecule has 0 aliphatic rings. The van der Waals surface area contributed by atoms with Crippen LogP contribution in [-0.4, -0.2) is 34.3 Å². The molecule has 5 nitrogen and oxygen atoms in total. The first-order valence-corrected chi connectivity index (χ1v) is 11.7. The summed E-state index contributed by atoms with van der Waals surface area (Å²) in [5, 5.41) is 12.0. The fourth-order valence-corrected chi connectivity index (χ4v) is 4.38. The van der Waals surface area contributed by atoms with Crippen molar-refractivity contribution in [2.45, 2.75) is 19.4 Å². The molecule has 0 spiro atoms. The zero-order chi connectivity index (χ0) is 23.6. The van der Waals surface area contributed by atoms with Crippen molar-refractivity contribution < 1.29 is 19.5 Å². The molecular formula is C27H27NO4S. The molecule has 0 aliphatic carbocycles. The van der Waals surface area contributed by atoms with Crippen LogP contribution in [-0.2, 0) is 20.8 Å². The van der Waals surface area contributed by atoms with E-state index in [-0.39, 0.29) is 17.4 Å². The highest BCUT2D eigenvalue weighted by atomic mass is 32.2. The first kappa shape index (κ1) is 24.4. The van der Waals surface area contributed by atoms with Crippen LogP contribution in [0, 0.1) is 5.92 Å². The van der Waals surface area contributed by atoms with Crippen LogP contribution in [0.1, 0.15) is 24.1 Å². The van der Waals surface area contributed by atoms with Crippen molar-refractivity contribution in [3.63, 3.8) is 0 Å². The lowest BCUT2D eigenvalue weighted by Gasteiger charge is -2.23. The summed E-state index contributed by atoms with van der Waals surface area (Å²) < 4.78 is 0. The SMILES string of the molecule is CC(=O)SC[C@@H](Cc1ccc(-c2ccccc2)cc1)C(=O)C(NCC(=O)O)c1ccccc1. The molecule has 0 amide bonds. The zero-order valence-corrected chi connectivity index (χ0v) is 19.3. The van der Waals surface area contributed by atoms with Gasteiger partial charge < -0.3 is 5.11 Å². The van der Waals surface area contributed by atoms with Crippen LogP contribution >= 0.6 is 11.8 Å². The molecule has 0 fully saturated rings. The van der Waals surface area contributed by atoms with E-state index in [9.17, 15) is 14.4 Å². The van der Waals surface area contributed by atoms with Gasteiger partial charge in [-0.25, -0.2) is 0 Å².